The molecule has 0 radical (unpaired) electrons. The van der Waals surface area contributed by atoms with Crippen LogP contribution in [0.5, 0.6) is 5.75 Å². The zero-order valence-corrected chi connectivity index (χ0v) is 22.5. The molecule has 1 N–H and O–H groups in total. The lowest BCUT2D eigenvalue weighted by molar-refractivity contribution is -0.115. The summed E-state index contributed by atoms with van der Waals surface area (Å²) in [5.74, 6) is -0.0557. The van der Waals surface area contributed by atoms with Gasteiger partial charge in [0.2, 0.25) is 11.7 Å². The third kappa shape index (κ3) is 6.10. The largest absolute Gasteiger partial charge is 0.496 e. The summed E-state index contributed by atoms with van der Waals surface area (Å²) in [5, 5.41) is 3.90. The van der Waals surface area contributed by atoms with Gasteiger partial charge in [0, 0.05) is 10.6 Å². The molecule has 0 aliphatic heterocycles. The van der Waals surface area contributed by atoms with Gasteiger partial charge in [0.1, 0.15) is 5.75 Å². The summed E-state index contributed by atoms with van der Waals surface area (Å²) in [4.78, 5) is 27.1. The van der Waals surface area contributed by atoms with E-state index in [1.54, 1.807) is 67.6 Å². The van der Waals surface area contributed by atoms with Crippen molar-refractivity contribution in [2.24, 2.45) is 0 Å². The number of carbonyl (C=O) groups is 2. The molecule has 6 nitrogen and oxygen atoms in total. The molecule has 0 bridgehead atoms. The fourth-order valence-electron chi connectivity index (χ4n) is 3.79. The molecular weight excluding hydrogens is 530 g/mol. The molecule has 4 rings (SSSR count). The van der Waals surface area contributed by atoms with Crippen molar-refractivity contribution in [3.63, 3.8) is 0 Å². The molecule has 0 saturated heterocycles. The normalized spacial score (nSPS) is 11.2. The Morgan fingerprint density at radius 1 is 0.973 bits per heavy atom. The smallest absolute Gasteiger partial charge is 0.229 e. The van der Waals surface area contributed by atoms with E-state index < -0.39 is 9.84 Å². The number of halogens is 1. The van der Waals surface area contributed by atoms with Crippen LogP contribution < -0.4 is 10.1 Å². The van der Waals surface area contributed by atoms with Crippen molar-refractivity contribution in [1.82, 2.24) is 0 Å². The molecule has 190 valence electrons. The molecule has 1 amide bonds. The van der Waals surface area contributed by atoms with E-state index in [0.29, 0.717) is 37.3 Å². The second-order valence-electron chi connectivity index (χ2n) is 8.17. The number of para-hydroxylation sites is 1. The highest BCUT2D eigenvalue weighted by atomic mass is 35.5. The zero-order valence-electron chi connectivity index (χ0n) is 20.2. The molecule has 0 fully saturated rings. The van der Waals surface area contributed by atoms with Gasteiger partial charge in [-0.3, -0.25) is 9.59 Å². The average molecular weight is 554 g/mol. The quantitative estimate of drug-likeness (QED) is 0.246. The van der Waals surface area contributed by atoms with Crippen LogP contribution in [0.4, 0.5) is 5.00 Å². The molecule has 4 aromatic rings. The monoisotopic (exact) mass is 553 g/mol. The molecule has 0 aliphatic carbocycles. The summed E-state index contributed by atoms with van der Waals surface area (Å²) < 4.78 is 29.4. The van der Waals surface area contributed by atoms with Crippen LogP contribution >= 0.6 is 22.9 Å². The lowest BCUT2D eigenvalue weighted by Crippen LogP contribution is -2.13. The highest BCUT2D eigenvalue weighted by Crippen LogP contribution is 2.38. The number of carbonyl (C=O) groups excluding carboxylic acids is 2. The Hall–Kier alpha value is -3.46. The van der Waals surface area contributed by atoms with Crippen molar-refractivity contribution >= 4 is 49.5 Å². The molecule has 1 aromatic heterocycles. The van der Waals surface area contributed by atoms with E-state index in [4.69, 9.17) is 16.3 Å². The van der Waals surface area contributed by atoms with E-state index in [-0.39, 0.29) is 28.8 Å². The molecule has 1 heterocycles. The first-order valence-corrected chi connectivity index (χ1v) is 14.3. The van der Waals surface area contributed by atoms with Gasteiger partial charge in [-0.25, -0.2) is 8.42 Å². The topological polar surface area (TPSA) is 89.5 Å². The number of amides is 1. The molecule has 3 aromatic carbocycles. The number of benzene rings is 3. The summed E-state index contributed by atoms with van der Waals surface area (Å²) in [6.45, 7) is 1.59. The predicted octanol–water partition coefficient (Wildman–Crippen LogP) is 6.28. The fraction of sp³-hybridized carbons (Fsp3) is 0.143. The van der Waals surface area contributed by atoms with E-state index in [0.717, 1.165) is 5.56 Å². The van der Waals surface area contributed by atoms with Crippen LogP contribution in [0, 0.1) is 0 Å². The first-order valence-electron chi connectivity index (χ1n) is 11.4. The molecule has 9 heteroatoms. The highest BCUT2D eigenvalue weighted by Gasteiger charge is 2.23. The van der Waals surface area contributed by atoms with Gasteiger partial charge in [-0.1, -0.05) is 54.9 Å². The van der Waals surface area contributed by atoms with Crippen LogP contribution in [0.2, 0.25) is 5.02 Å². The Balaban J connectivity index is 1.62. The Labute approximate surface area is 224 Å². The summed E-state index contributed by atoms with van der Waals surface area (Å²) >= 11 is 7.38. The summed E-state index contributed by atoms with van der Waals surface area (Å²) in [7, 11) is -1.80. The third-order valence-corrected chi connectivity index (χ3v) is 8.75. The predicted molar refractivity (Wildman–Crippen MR) is 148 cm³/mol. The first kappa shape index (κ1) is 26.6. The summed E-state index contributed by atoms with van der Waals surface area (Å²) in [6, 6.07) is 22.2. The number of rotatable bonds is 9. The minimum Gasteiger partial charge on any atom is -0.496 e. The molecule has 0 atom stereocenters. The van der Waals surface area contributed by atoms with Crippen LogP contribution in [-0.2, 0) is 21.1 Å². The maximum absolute atomic E-state index is 13.6. The van der Waals surface area contributed by atoms with Crippen LogP contribution in [-0.4, -0.2) is 33.0 Å². The third-order valence-electron chi connectivity index (χ3n) is 5.72. The van der Waals surface area contributed by atoms with Gasteiger partial charge in [0.05, 0.1) is 39.6 Å². The lowest BCUT2D eigenvalue weighted by Gasteiger charge is -2.08. The van der Waals surface area contributed by atoms with Crippen LogP contribution in [0.1, 0.15) is 27.7 Å². The molecule has 0 spiro atoms. The number of hydrogen-bond acceptors (Lipinski definition) is 6. The molecule has 0 saturated carbocycles. The zero-order chi connectivity index (χ0) is 26.6. The number of sulfone groups is 1. The molecular formula is C28H24ClNO5S2. The molecule has 0 aliphatic rings. The van der Waals surface area contributed by atoms with Crippen molar-refractivity contribution in [3.8, 4) is 16.9 Å². The van der Waals surface area contributed by atoms with Crippen molar-refractivity contribution < 1.29 is 22.7 Å². The van der Waals surface area contributed by atoms with Gasteiger partial charge in [-0.2, -0.15) is 0 Å². The Kier molecular flexibility index (Phi) is 8.12. The minimum atomic E-state index is -3.31. The number of methoxy groups -OCH3 is 1. The number of ether oxygens (including phenoxy) is 1. The fourth-order valence-corrected chi connectivity index (χ4v) is 5.92. The van der Waals surface area contributed by atoms with Crippen LogP contribution in [0.3, 0.4) is 0 Å². The van der Waals surface area contributed by atoms with Gasteiger partial charge in [-0.05, 0) is 53.6 Å². The number of anilines is 1. The Bertz CT molecular complexity index is 1560. The van der Waals surface area contributed by atoms with Gasteiger partial charge in [0.15, 0.2) is 9.84 Å². The van der Waals surface area contributed by atoms with E-state index in [1.807, 2.05) is 6.07 Å². The second-order valence-corrected chi connectivity index (χ2v) is 11.9. The van der Waals surface area contributed by atoms with E-state index in [2.05, 4.69) is 5.32 Å². The Morgan fingerprint density at radius 2 is 1.70 bits per heavy atom. The van der Waals surface area contributed by atoms with E-state index >= 15 is 0 Å². The second kappa shape index (κ2) is 11.3. The van der Waals surface area contributed by atoms with Crippen molar-refractivity contribution in [3.05, 3.63) is 99.9 Å². The van der Waals surface area contributed by atoms with Gasteiger partial charge in [0.25, 0.3) is 0 Å². The van der Waals surface area contributed by atoms with Gasteiger partial charge < -0.3 is 10.1 Å². The molecule has 37 heavy (non-hydrogen) atoms. The first-order chi connectivity index (χ1) is 17.7. The standard InChI is InChI=1S/C28H24ClNO5S2/c1-3-37(33,34)21-13-11-18(12-14-21)15-25(31)30-26-17-23(19-7-6-8-20(29)16-19)28(36-26)27(32)22-9-4-5-10-24(22)35-2/h4-14,16-17H,3,15H2,1-2H3,(H,30,31). The maximum atomic E-state index is 13.6. The van der Waals surface area contributed by atoms with Crippen molar-refractivity contribution in [2.45, 2.75) is 18.2 Å². The highest BCUT2D eigenvalue weighted by molar-refractivity contribution is 7.91. The Morgan fingerprint density at radius 3 is 2.38 bits per heavy atom. The van der Waals surface area contributed by atoms with Gasteiger partial charge in [-0.15, -0.1) is 11.3 Å². The van der Waals surface area contributed by atoms with Gasteiger partial charge >= 0.3 is 0 Å². The van der Waals surface area contributed by atoms with Crippen molar-refractivity contribution in [2.75, 3.05) is 18.2 Å². The number of hydrogen-bond donors (Lipinski definition) is 1. The SMILES string of the molecule is CCS(=O)(=O)c1ccc(CC(=O)Nc2cc(-c3cccc(Cl)c3)c(C(=O)c3ccccc3OC)s2)cc1. The van der Waals surface area contributed by atoms with Crippen LogP contribution in [0.25, 0.3) is 11.1 Å². The summed E-state index contributed by atoms with van der Waals surface area (Å²) in [5.41, 5.74) is 2.47. The average Bonchev–Trinajstić information content (AvgIpc) is 3.32. The number of thiophene rings is 1. The van der Waals surface area contributed by atoms with Crippen molar-refractivity contribution in [1.29, 1.82) is 0 Å². The van der Waals surface area contributed by atoms with E-state index in [1.165, 1.54) is 30.6 Å². The maximum Gasteiger partial charge on any atom is 0.229 e. The number of nitrogens with one attached hydrogen (secondary N) is 1. The number of ketones is 1. The molecule has 0 unspecified atom stereocenters. The minimum absolute atomic E-state index is 0.01000. The van der Waals surface area contributed by atoms with Crippen LogP contribution in [0.15, 0.2) is 83.8 Å². The summed E-state index contributed by atoms with van der Waals surface area (Å²) in [6.07, 6.45) is 0.0483. The van der Waals surface area contributed by atoms with E-state index in [9.17, 15) is 18.0 Å². The lowest BCUT2D eigenvalue weighted by atomic mass is 10.0.